The number of esters is 1. The molecule has 1 amide bonds. The van der Waals surface area contributed by atoms with Gasteiger partial charge in [-0.15, -0.1) is 0 Å². The number of carbonyl (C=O) groups is 2. The highest BCUT2D eigenvalue weighted by Crippen LogP contribution is 2.32. The molecular formula is C12H21NO3. The van der Waals surface area contributed by atoms with Gasteiger partial charge in [0.2, 0.25) is 5.91 Å². The van der Waals surface area contributed by atoms with Crippen LogP contribution < -0.4 is 5.73 Å². The minimum atomic E-state index is -0.229. The van der Waals surface area contributed by atoms with Crippen molar-refractivity contribution in [3.8, 4) is 0 Å². The Morgan fingerprint density at radius 3 is 2.38 bits per heavy atom. The molecule has 0 aromatic carbocycles. The van der Waals surface area contributed by atoms with Crippen LogP contribution in [0.2, 0.25) is 0 Å². The van der Waals surface area contributed by atoms with E-state index in [2.05, 4.69) is 0 Å². The van der Waals surface area contributed by atoms with Crippen molar-refractivity contribution in [3.05, 3.63) is 0 Å². The van der Waals surface area contributed by atoms with Crippen LogP contribution in [0.25, 0.3) is 0 Å². The number of primary amides is 1. The largest absolute Gasteiger partial charge is 0.466 e. The normalized spacial score (nSPS) is 25.1. The second kappa shape index (κ2) is 6.51. The molecule has 0 unspecified atom stereocenters. The predicted octanol–water partition coefficient (Wildman–Crippen LogP) is 1.62. The Kier molecular flexibility index (Phi) is 5.29. The average Bonchev–Trinajstić information content (AvgIpc) is 2.27. The Hall–Kier alpha value is -1.06. The summed E-state index contributed by atoms with van der Waals surface area (Å²) >= 11 is 0. The molecule has 1 fully saturated rings. The van der Waals surface area contributed by atoms with Crippen molar-refractivity contribution in [3.63, 3.8) is 0 Å². The molecule has 0 atom stereocenters. The lowest BCUT2D eigenvalue weighted by molar-refractivity contribution is -0.149. The van der Waals surface area contributed by atoms with E-state index in [0.717, 1.165) is 32.1 Å². The van der Waals surface area contributed by atoms with Crippen LogP contribution in [0.3, 0.4) is 0 Å². The summed E-state index contributed by atoms with van der Waals surface area (Å²) < 4.78 is 5.00. The number of carbonyl (C=O) groups excluding carboxylic acids is 2. The highest BCUT2D eigenvalue weighted by atomic mass is 16.5. The maximum absolute atomic E-state index is 11.5. The first-order valence-electron chi connectivity index (χ1n) is 6.08. The number of amides is 1. The number of hydrogen-bond donors (Lipinski definition) is 1. The van der Waals surface area contributed by atoms with Gasteiger partial charge in [-0.2, -0.15) is 0 Å². The van der Waals surface area contributed by atoms with Crippen LogP contribution in [0, 0.1) is 11.8 Å². The third-order valence-electron chi connectivity index (χ3n) is 3.27. The van der Waals surface area contributed by atoms with Gasteiger partial charge in [0.15, 0.2) is 0 Å². The van der Waals surface area contributed by atoms with Crippen molar-refractivity contribution >= 4 is 11.9 Å². The smallest absolute Gasteiger partial charge is 0.308 e. The fourth-order valence-corrected chi connectivity index (χ4v) is 2.29. The van der Waals surface area contributed by atoms with E-state index in [-0.39, 0.29) is 17.8 Å². The van der Waals surface area contributed by atoms with Crippen LogP contribution in [0.1, 0.15) is 45.4 Å². The molecule has 16 heavy (non-hydrogen) atoms. The summed E-state index contributed by atoms with van der Waals surface area (Å²) in [5, 5.41) is 0. The summed E-state index contributed by atoms with van der Waals surface area (Å²) in [5.41, 5.74) is 5.11. The van der Waals surface area contributed by atoms with Crippen LogP contribution in [-0.4, -0.2) is 18.5 Å². The van der Waals surface area contributed by atoms with E-state index in [1.165, 1.54) is 0 Å². The Morgan fingerprint density at radius 1 is 1.25 bits per heavy atom. The van der Waals surface area contributed by atoms with Gasteiger partial charge in [0, 0.05) is 6.42 Å². The van der Waals surface area contributed by atoms with Crippen LogP contribution >= 0.6 is 0 Å². The van der Waals surface area contributed by atoms with E-state index < -0.39 is 0 Å². The minimum absolute atomic E-state index is 0.0594. The lowest BCUT2D eigenvalue weighted by atomic mass is 9.80. The van der Waals surface area contributed by atoms with Crippen LogP contribution in [0.15, 0.2) is 0 Å². The van der Waals surface area contributed by atoms with Crippen molar-refractivity contribution in [2.24, 2.45) is 17.6 Å². The van der Waals surface area contributed by atoms with Gasteiger partial charge in [0.05, 0.1) is 12.5 Å². The zero-order valence-electron chi connectivity index (χ0n) is 9.91. The van der Waals surface area contributed by atoms with Gasteiger partial charge >= 0.3 is 5.97 Å². The predicted molar refractivity (Wildman–Crippen MR) is 60.5 cm³/mol. The second-order valence-corrected chi connectivity index (χ2v) is 4.47. The summed E-state index contributed by atoms with van der Waals surface area (Å²) in [6.45, 7) is 2.29. The molecule has 1 rings (SSSR count). The molecule has 0 aliphatic heterocycles. The third-order valence-corrected chi connectivity index (χ3v) is 3.27. The molecule has 1 aliphatic carbocycles. The molecule has 0 heterocycles. The van der Waals surface area contributed by atoms with Gasteiger partial charge in [-0.3, -0.25) is 9.59 Å². The molecule has 0 spiro atoms. The second-order valence-electron chi connectivity index (χ2n) is 4.47. The van der Waals surface area contributed by atoms with E-state index in [9.17, 15) is 9.59 Å². The Balaban J connectivity index is 2.23. The zero-order chi connectivity index (χ0) is 12.0. The standard InChI is InChI=1S/C12H21NO3/c1-2-16-12(15)10-6-3-9(4-7-10)5-8-11(13)14/h9-10H,2-8H2,1H3,(H2,13,14). The molecule has 0 radical (unpaired) electrons. The number of ether oxygens (including phenoxy) is 1. The van der Waals surface area contributed by atoms with Crippen molar-refractivity contribution in [2.45, 2.75) is 45.4 Å². The quantitative estimate of drug-likeness (QED) is 0.725. The van der Waals surface area contributed by atoms with Crippen molar-refractivity contribution in [2.75, 3.05) is 6.61 Å². The number of rotatable bonds is 5. The van der Waals surface area contributed by atoms with Gasteiger partial charge in [-0.1, -0.05) is 0 Å². The van der Waals surface area contributed by atoms with Crippen LogP contribution in [0.4, 0.5) is 0 Å². The first-order valence-corrected chi connectivity index (χ1v) is 6.08. The van der Waals surface area contributed by atoms with E-state index in [4.69, 9.17) is 10.5 Å². The van der Waals surface area contributed by atoms with E-state index in [0.29, 0.717) is 18.9 Å². The SMILES string of the molecule is CCOC(=O)C1CCC(CCC(N)=O)CC1. The van der Waals surface area contributed by atoms with Gasteiger partial charge in [-0.25, -0.2) is 0 Å². The molecule has 1 aliphatic rings. The molecule has 4 nitrogen and oxygen atoms in total. The highest BCUT2D eigenvalue weighted by molar-refractivity contribution is 5.73. The average molecular weight is 227 g/mol. The number of nitrogens with two attached hydrogens (primary N) is 1. The van der Waals surface area contributed by atoms with Gasteiger partial charge in [0.1, 0.15) is 0 Å². The van der Waals surface area contributed by atoms with Crippen molar-refractivity contribution in [1.29, 1.82) is 0 Å². The minimum Gasteiger partial charge on any atom is -0.466 e. The van der Waals surface area contributed by atoms with Crippen LogP contribution in [-0.2, 0) is 14.3 Å². The van der Waals surface area contributed by atoms with Crippen molar-refractivity contribution < 1.29 is 14.3 Å². The molecule has 0 bridgehead atoms. The third kappa shape index (κ3) is 4.21. The van der Waals surface area contributed by atoms with E-state index in [1.54, 1.807) is 0 Å². The van der Waals surface area contributed by atoms with E-state index >= 15 is 0 Å². The summed E-state index contributed by atoms with van der Waals surface area (Å²) in [4.78, 5) is 22.1. The number of hydrogen-bond acceptors (Lipinski definition) is 3. The molecule has 0 aromatic rings. The molecular weight excluding hydrogens is 206 g/mol. The van der Waals surface area contributed by atoms with Gasteiger partial charge in [0.25, 0.3) is 0 Å². The first kappa shape index (κ1) is 13.0. The first-order chi connectivity index (χ1) is 7.63. The lowest BCUT2D eigenvalue weighted by Crippen LogP contribution is -2.24. The summed E-state index contributed by atoms with van der Waals surface area (Å²) in [6, 6.07) is 0. The molecule has 92 valence electrons. The summed E-state index contributed by atoms with van der Waals surface area (Å²) in [7, 11) is 0. The lowest BCUT2D eigenvalue weighted by Gasteiger charge is -2.26. The van der Waals surface area contributed by atoms with Gasteiger partial charge in [-0.05, 0) is 44.9 Å². The monoisotopic (exact) mass is 227 g/mol. The van der Waals surface area contributed by atoms with Crippen LogP contribution in [0.5, 0.6) is 0 Å². The molecule has 0 saturated heterocycles. The molecule has 0 aromatic heterocycles. The van der Waals surface area contributed by atoms with Gasteiger partial charge < -0.3 is 10.5 Å². The summed E-state index contributed by atoms with van der Waals surface area (Å²) in [5.74, 6) is 0.339. The topological polar surface area (TPSA) is 69.4 Å². The molecule has 2 N–H and O–H groups in total. The zero-order valence-corrected chi connectivity index (χ0v) is 9.91. The maximum atomic E-state index is 11.5. The Morgan fingerprint density at radius 2 is 1.88 bits per heavy atom. The Bertz CT molecular complexity index is 245. The fourth-order valence-electron chi connectivity index (χ4n) is 2.29. The fraction of sp³-hybridized carbons (Fsp3) is 0.833. The molecule has 4 heteroatoms. The Labute approximate surface area is 96.5 Å². The van der Waals surface area contributed by atoms with E-state index in [1.807, 2.05) is 6.92 Å². The van der Waals surface area contributed by atoms with Crippen molar-refractivity contribution in [1.82, 2.24) is 0 Å². The molecule has 1 saturated carbocycles. The maximum Gasteiger partial charge on any atom is 0.308 e. The summed E-state index contributed by atoms with van der Waals surface area (Å²) in [6.07, 6.45) is 5.14. The highest BCUT2D eigenvalue weighted by Gasteiger charge is 2.27.